The zero-order valence-corrected chi connectivity index (χ0v) is 18.5. The Bertz CT molecular complexity index is 515. The molecule has 0 aromatic heterocycles. The minimum atomic E-state index is -0.610. The van der Waals surface area contributed by atoms with Gasteiger partial charge in [0, 0.05) is 18.2 Å². The van der Waals surface area contributed by atoms with Crippen molar-refractivity contribution in [2.75, 3.05) is 26.3 Å². The van der Waals surface area contributed by atoms with Crippen LogP contribution in [0, 0.1) is 5.92 Å². The average Bonchev–Trinajstić information content (AvgIpc) is 2.52. The van der Waals surface area contributed by atoms with Crippen molar-refractivity contribution in [3.05, 3.63) is 34.9 Å². The SMILES string of the molecule is CCNC(=NCC(O)COCC(C)C)NC(C)c1cccc(Cl)c1.I. The Morgan fingerprint density at radius 3 is 2.60 bits per heavy atom. The summed E-state index contributed by atoms with van der Waals surface area (Å²) >= 11 is 6.04. The molecule has 0 spiro atoms. The van der Waals surface area contributed by atoms with Crippen LogP contribution < -0.4 is 10.6 Å². The van der Waals surface area contributed by atoms with Crippen molar-refractivity contribution in [2.45, 2.75) is 39.8 Å². The zero-order chi connectivity index (χ0) is 17.9. The molecule has 0 saturated heterocycles. The normalized spacial score (nSPS) is 14.0. The Balaban J connectivity index is 0.00000576. The molecule has 1 rings (SSSR count). The summed E-state index contributed by atoms with van der Waals surface area (Å²) in [4.78, 5) is 4.43. The van der Waals surface area contributed by atoms with Crippen molar-refractivity contribution >= 4 is 41.5 Å². The van der Waals surface area contributed by atoms with Gasteiger partial charge in [-0.25, -0.2) is 0 Å². The van der Waals surface area contributed by atoms with Gasteiger partial charge in [-0.2, -0.15) is 0 Å². The molecule has 0 bridgehead atoms. The van der Waals surface area contributed by atoms with Crippen LogP contribution >= 0.6 is 35.6 Å². The molecule has 0 fully saturated rings. The lowest BCUT2D eigenvalue weighted by Gasteiger charge is -2.19. The summed E-state index contributed by atoms with van der Waals surface area (Å²) in [7, 11) is 0. The molecule has 2 unspecified atom stereocenters. The smallest absolute Gasteiger partial charge is 0.191 e. The van der Waals surface area contributed by atoms with Gasteiger partial charge < -0.3 is 20.5 Å². The number of aliphatic hydroxyl groups is 1. The summed E-state index contributed by atoms with van der Waals surface area (Å²) in [5, 5.41) is 17.2. The van der Waals surface area contributed by atoms with Crippen molar-refractivity contribution < 1.29 is 9.84 Å². The number of ether oxygens (including phenoxy) is 1. The lowest BCUT2D eigenvalue weighted by molar-refractivity contribution is 0.0301. The van der Waals surface area contributed by atoms with Gasteiger partial charge in [0.1, 0.15) is 0 Å². The van der Waals surface area contributed by atoms with Crippen molar-refractivity contribution in [3.63, 3.8) is 0 Å². The van der Waals surface area contributed by atoms with Crippen LogP contribution in [-0.2, 0) is 4.74 Å². The molecule has 5 nitrogen and oxygen atoms in total. The van der Waals surface area contributed by atoms with E-state index < -0.39 is 6.10 Å². The summed E-state index contributed by atoms with van der Waals surface area (Å²) in [5.74, 6) is 1.12. The number of benzene rings is 1. The summed E-state index contributed by atoms with van der Waals surface area (Å²) in [6.07, 6.45) is -0.610. The van der Waals surface area contributed by atoms with Crippen molar-refractivity contribution in [1.29, 1.82) is 0 Å². The van der Waals surface area contributed by atoms with Gasteiger partial charge in [0.05, 0.1) is 25.3 Å². The molecule has 25 heavy (non-hydrogen) atoms. The van der Waals surface area contributed by atoms with Crippen LogP contribution in [0.2, 0.25) is 5.02 Å². The van der Waals surface area contributed by atoms with E-state index in [9.17, 15) is 5.11 Å². The van der Waals surface area contributed by atoms with Crippen LogP contribution in [-0.4, -0.2) is 43.5 Å². The number of nitrogens with one attached hydrogen (secondary N) is 2. The molecule has 1 aromatic rings. The minimum absolute atomic E-state index is 0. The highest BCUT2D eigenvalue weighted by atomic mass is 127. The molecule has 1 aromatic carbocycles. The first kappa shape index (κ1) is 24.4. The van der Waals surface area contributed by atoms with E-state index in [4.69, 9.17) is 16.3 Å². The third-order valence-corrected chi connectivity index (χ3v) is 3.50. The van der Waals surface area contributed by atoms with Crippen LogP contribution in [0.15, 0.2) is 29.3 Å². The summed E-state index contributed by atoms with van der Waals surface area (Å²) in [5.41, 5.74) is 1.08. The number of nitrogens with zero attached hydrogens (tertiary/aromatic N) is 1. The van der Waals surface area contributed by atoms with Crippen LogP contribution in [0.1, 0.15) is 39.3 Å². The second-order valence-corrected chi connectivity index (χ2v) is 6.66. The molecule has 0 amide bonds. The fourth-order valence-corrected chi connectivity index (χ4v) is 2.27. The first-order valence-corrected chi connectivity index (χ1v) is 8.86. The van der Waals surface area contributed by atoms with Crippen LogP contribution in [0.5, 0.6) is 0 Å². The number of halogens is 2. The zero-order valence-electron chi connectivity index (χ0n) is 15.5. The van der Waals surface area contributed by atoms with Crippen molar-refractivity contribution in [1.82, 2.24) is 10.6 Å². The van der Waals surface area contributed by atoms with Crippen LogP contribution in [0.4, 0.5) is 0 Å². The first-order chi connectivity index (χ1) is 11.4. The third-order valence-electron chi connectivity index (χ3n) is 3.27. The number of rotatable bonds is 9. The van der Waals surface area contributed by atoms with Crippen molar-refractivity contribution in [3.8, 4) is 0 Å². The number of guanidine groups is 1. The molecule has 0 radical (unpaired) electrons. The highest BCUT2D eigenvalue weighted by Gasteiger charge is 2.10. The minimum Gasteiger partial charge on any atom is -0.389 e. The maximum atomic E-state index is 9.96. The topological polar surface area (TPSA) is 65.9 Å². The maximum Gasteiger partial charge on any atom is 0.191 e. The Labute approximate surface area is 173 Å². The molecule has 7 heteroatoms. The van der Waals surface area contributed by atoms with E-state index in [1.54, 1.807) is 0 Å². The predicted molar refractivity (Wildman–Crippen MR) is 116 cm³/mol. The number of aliphatic imine (C=N–C) groups is 1. The Morgan fingerprint density at radius 2 is 2.00 bits per heavy atom. The third kappa shape index (κ3) is 10.9. The van der Waals surface area contributed by atoms with E-state index in [1.807, 2.05) is 38.1 Å². The van der Waals surface area contributed by atoms with E-state index in [2.05, 4.69) is 29.5 Å². The van der Waals surface area contributed by atoms with Crippen LogP contribution in [0.25, 0.3) is 0 Å². The monoisotopic (exact) mass is 483 g/mol. The van der Waals surface area contributed by atoms with Gasteiger partial charge in [-0.3, -0.25) is 4.99 Å². The largest absolute Gasteiger partial charge is 0.389 e. The Kier molecular flexibility index (Phi) is 13.3. The highest BCUT2D eigenvalue weighted by molar-refractivity contribution is 14.0. The van der Waals surface area contributed by atoms with Crippen molar-refractivity contribution in [2.24, 2.45) is 10.9 Å². The van der Waals surface area contributed by atoms with Gasteiger partial charge in [0.15, 0.2) is 5.96 Å². The van der Waals surface area contributed by atoms with Gasteiger partial charge in [-0.05, 0) is 37.5 Å². The molecule has 144 valence electrons. The lowest BCUT2D eigenvalue weighted by Crippen LogP contribution is -2.39. The van der Waals surface area contributed by atoms with E-state index in [1.165, 1.54) is 0 Å². The van der Waals surface area contributed by atoms with Gasteiger partial charge in [0.25, 0.3) is 0 Å². The number of aliphatic hydroxyl groups excluding tert-OH is 1. The molecule has 0 aliphatic rings. The van der Waals surface area contributed by atoms with E-state index in [-0.39, 0.29) is 36.6 Å². The summed E-state index contributed by atoms with van der Waals surface area (Å²) in [6.45, 7) is 10.2. The molecule has 3 N–H and O–H groups in total. The molecule has 2 atom stereocenters. The Morgan fingerprint density at radius 1 is 1.28 bits per heavy atom. The van der Waals surface area contributed by atoms with E-state index in [0.717, 1.165) is 12.1 Å². The van der Waals surface area contributed by atoms with Gasteiger partial charge in [0.2, 0.25) is 0 Å². The fourth-order valence-electron chi connectivity index (χ4n) is 2.07. The van der Waals surface area contributed by atoms with Gasteiger partial charge in [-0.1, -0.05) is 37.6 Å². The highest BCUT2D eigenvalue weighted by Crippen LogP contribution is 2.17. The van der Waals surface area contributed by atoms with Crippen LogP contribution in [0.3, 0.4) is 0 Å². The molecular formula is C18H31ClIN3O2. The number of hydrogen-bond donors (Lipinski definition) is 3. The maximum absolute atomic E-state index is 9.96. The molecule has 0 aliphatic heterocycles. The molecule has 0 heterocycles. The van der Waals surface area contributed by atoms with E-state index in [0.29, 0.717) is 30.1 Å². The lowest BCUT2D eigenvalue weighted by atomic mass is 10.1. The molecule has 0 aliphatic carbocycles. The summed E-state index contributed by atoms with van der Waals surface area (Å²) < 4.78 is 5.44. The quantitative estimate of drug-likeness (QED) is 0.285. The first-order valence-electron chi connectivity index (χ1n) is 8.48. The average molecular weight is 484 g/mol. The fraction of sp³-hybridized carbons (Fsp3) is 0.611. The predicted octanol–water partition coefficient (Wildman–Crippen LogP) is 3.61. The van der Waals surface area contributed by atoms with E-state index >= 15 is 0 Å². The second-order valence-electron chi connectivity index (χ2n) is 6.23. The number of hydrogen-bond acceptors (Lipinski definition) is 3. The van der Waals surface area contributed by atoms with Gasteiger partial charge >= 0.3 is 0 Å². The molecular weight excluding hydrogens is 453 g/mol. The standard InChI is InChI=1S/C18H30ClN3O2.HI/c1-5-20-18(21-10-17(23)12-24-11-13(2)3)22-14(4)15-7-6-8-16(19)9-15;/h6-9,13-14,17,23H,5,10-12H2,1-4H3,(H2,20,21,22);1H. The van der Waals surface area contributed by atoms with Gasteiger partial charge in [-0.15, -0.1) is 24.0 Å². The second kappa shape index (κ2) is 13.6. The molecule has 0 saturated carbocycles. The Hall–Kier alpha value is -0.570. The summed E-state index contributed by atoms with van der Waals surface area (Å²) in [6, 6.07) is 7.77.